The molecule has 2 aromatic carbocycles. The van der Waals surface area contributed by atoms with Crippen molar-refractivity contribution in [1.29, 1.82) is 0 Å². The van der Waals surface area contributed by atoms with Crippen LogP contribution in [0.25, 0.3) is 5.76 Å². The van der Waals surface area contributed by atoms with Crippen molar-refractivity contribution in [2.24, 2.45) is 0 Å². The van der Waals surface area contributed by atoms with Gasteiger partial charge in [0.05, 0.1) is 25.5 Å². The molecule has 1 amide bonds. The molecule has 0 radical (unpaired) electrons. The number of hydrogen-bond acceptors (Lipinski definition) is 6. The first-order valence-electron chi connectivity index (χ1n) is 11.4. The van der Waals surface area contributed by atoms with Crippen LogP contribution in [0, 0.1) is 0 Å². The molecule has 0 saturated carbocycles. The van der Waals surface area contributed by atoms with Crippen LogP contribution in [0.1, 0.15) is 48.2 Å². The summed E-state index contributed by atoms with van der Waals surface area (Å²) in [6.07, 6.45) is 1.60. The Balaban J connectivity index is 1.83. The number of pyridine rings is 1. The summed E-state index contributed by atoms with van der Waals surface area (Å²) >= 11 is 0. The maximum Gasteiger partial charge on any atom is 0.296 e. The van der Waals surface area contributed by atoms with Gasteiger partial charge in [-0.1, -0.05) is 32.0 Å². The fourth-order valence-electron chi connectivity index (χ4n) is 4.30. The molecule has 1 atom stereocenters. The standard InChI is InChI=1S/C28H28N2O5/c1-17(2)21-15-19(10-13-23(21)35-4)26(31)24-25(22-7-5-6-14-29-22)30(28(33)27(24)32)16-18-8-11-20(34-3)12-9-18/h5-15,17,25,31H,16H2,1-4H3/b26-24-. The summed E-state index contributed by atoms with van der Waals surface area (Å²) in [5.74, 6) is -0.151. The first kappa shape index (κ1) is 24.0. The van der Waals surface area contributed by atoms with E-state index in [2.05, 4.69) is 4.98 Å². The number of methoxy groups -OCH3 is 2. The lowest BCUT2D eigenvalue weighted by Gasteiger charge is -2.24. The Morgan fingerprint density at radius 3 is 2.37 bits per heavy atom. The second kappa shape index (κ2) is 10.0. The molecular formula is C28H28N2O5. The van der Waals surface area contributed by atoms with Crippen molar-refractivity contribution in [3.05, 3.63) is 94.8 Å². The molecule has 1 saturated heterocycles. The van der Waals surface area contributed by atoms with Crippen molar-refractivity contribution in [2.45, 2.75) is 32.4 Å². The molecule has 1 aromatic heterocycles. The van der Waals surface area contributed by atoms with Gasteiger partial charge < -0.3 is 19.5 Å². The molecule has 1 aliphatic heterocycles. The van der Waals surface area contributed by atoms with Crippen LogP contribution >= 0.6 is 0 Å². The largest absolute Gasteiger partial charge is 0.507 e. The lowest BCUT2D eigenvalue weighted by atomic mass is 9.94. The zero-order valence-electron chi connectivity index (χ0n) is 20.2. The third-order valence-electron chi connectivity index (χ3n) is 6.15. The number of aliphatic hydroxyl groups is 1. The number of Topliss-reactive ketones (excluding diaryl/α,β-unsaturated/α-hetero) is 1. The van der Waals surface area contributed by atoms with Gasteiger partial charge in [-0.05, 0) is 59.5 Å². The molecular weight excluding hydrogens is 444 g/mol. The minimum absolute atomic E-state index is 0.0158. The minimum atomic E-state index is -0.831. The van der Waals surface area contributed by atoms with Crippen molar-refractivity contribution in [3.63, 3.8) is 0 Å². The molecule has 3 aromatic rings. The third kappa shape index (κ3) is 4.62. The summed E-state index contributed by atoms with van der Waals surface area (Å²) in [5, 5.41) is 11.4. The van der Waals surface area contributed by atoms with E-state index < -0.39 is 17.7 Å². The summed E-state index contributed by atoms with van der Waals surface area (Å²) in [6.45, 7) is 4.21. The second-order valence-corrected chi connectivity index (χ2v) is 8.64. The van der Waals surface area contributed by atoms with Gasteiger partial charge >= 0.3 is 0 Å². The number of ether oxygens (including phenoxy) is 2. The SMILES string of the molecule is COc1ccc(CN2C(=O)C(=O)/C(=C(\O)c3ccc(OC)c(C(C)C)c3)C2c2ccccn2)cc1. The predicted molar refractivity (Wildman–Crippen MR) is 132 cm³/mol. The average molecular weight is 473 g/mol. The molecule has 0 spiro atoms. The highest BCUT2D eigenvalue weighted by molar-refractivity contribution is 6.46. The quantitative estimate of drug-likeness (QED) is 0.301. The van der Waals surface area contributed by atoms with Crippen LogP contribution in [0.4, 0.5) is 0 Å². The normalized spacial score (nSPS) is 17.2. The molecule has 1 unspecified atom stereocenters. The summed E-state index contributed by atoms with van der Waals surface area (Å²) in [4.78, 5) is 32.3. The van der Waals surface area contributed by atoms with Crippen LogP contribution in [0.15, 0.2) is 72.4 Å². The maximum atomic E-state index is 13.3. The van der Waals surface area contributed by atoms with Gasteiger partial charge in [-0.15, -0.1) is 0 Å². The Labute approximate surface area is 204 Å². The van der Waals surface area contributed by atoms with Gasteiger partial charge in [-0.3, -0.25) is 14.6 Å². The Morgan fingerprint density at radius 1 is 1.03 bits per heavy atom. The zero-order valence-corrected chi connectivity index (χ0v) is 20.2. The molecule has 7 heteroatoms. The zero-order chi connectivity index (χ0) is 25.1. The van der Waals surface area contributed by atoms with E-state index in [-0.39, 0.29) is 23.8 Å². The topological polar surface area (TPSA) is 89.0 Å². The van der Waals surface area contributed by atoms with E-state index in [0.29, 0.717) is 22.8 Å². The van der Waals surface area contributed by atoms with E-state index >= 15 is 0 Å². The number of aromatic nitrogens is 1. The van der Waals surface area contributed by atoms with E-state index in [1.54, 1.807) is 68.9 Å². The van der Waals surface area contributed by atoms with Crippen LogP contribution in [0.2, 0.25) is 0 Å². The number of nitrogens with zero attached hydrogens (tertiary/aromatic N) is 2. The average Bonchev–Trinajstić information content (AvgIpc) is 3.13. The maximum absolute atomic E-state index is 13.3. The van der Waals surface area contributed by atoms with Crippen molar-refractivity contribution in [1.82, 2.24) is 9.88 Å². The second-order valence-electron chi connectivity index (χ2n) is 8.64. The summed E-state index contributed by atoms with van der Waals surface area (Å²) < 4.78 is 10.7. The summed E-state index contributed by atoms with van der Waals surface area (Å²) in [6, 6.07) is 17.0. The first-order chi connectivity index (χ1) is 16.8. The first-order valence-corrected chi connectivity index (χ1v) is 11.4. The number of carbonyl (C=O) groups excluding carboxylic acids is 2. The van der Waals surface area contributed by atoms with E-state index in [9.17, 15) is 14.7 Å². The van der Waals surface area contributed by atoms with Crippen LogP contribution in [-0.4, -0.2) is 40.9 Å². The molecule has 0 bridgehead atoms. The number of carbonyl (C=O) groups is 2. The van der Waals surface area contributed by atoms with Gasteiger partial charge in [0.15, 0.2) is 0 Å². The Bertz CT molecular complexity index is 1270. The number of hydrogen-bond donors (Lipinski definition) is 1. The Kier molecular flexibility index (Phi) is 6.87. The Hall–Kier alpha value is -4.13. The highest BCUT2D eigenvalue weighted by Crippen LogP contribution is 2.40. The fourth-order valence-corrected chi connectivity index (χ4v) is 4.30. The minimum Gasteiger partial charge on any atom is -0.507 e. The Morgan fingerprint density at radius 2 is 1.77 bits per heavy atom. The van der Waals surface area contributed by atoms with E-state index in [4.69, 9.17) is 9.47 Å². The van der Waals surface area contributed by atoms with Gasteiger partial charge in [-0.25, -0.2) is 0 Å². The van der Waals surface area contributed by atoms with Crippen molar-refractivity contribution in [3.8, 4) is 11.5 Å². The van der Waals surface area contributed by atoms with Crippen molar-refractivity contribution >= 4 is 17.4 Å². The van der Waals surface area contributed by atoms with Crippen LogP contribution in [0.5, 0.6) is 11.5 Å². The number of likely N-dealkylation sites (tertiary alicyclic amines) is 1. The van der Waals surface area contributed by atoms with Gasteiger partial charge in [0.25, 0.3) is 11.7 Å². The highest BCUT2D eigenvalue weighted by Gasteiger charge is 2.46. The molecule has 180 valence electrons. The third-order valence-corrected chi connectivity index (χ3v) is 6.15. The smallest absolute Gasteiger partial charge is 0.296 e. The number of benzene rings is 2. The predicted octanol–water partition coefficient (Wildman–Crippen LogP) is 4.84. The van der Waals surface area contributed by atoms with Crippen LogP contribution < -0.4 is 9.47 Å². The van der Waals surface area contributed by atoms with E-state index in [0.717, 1.165) is 11.1 Å². The van der Waals surface area contributed by atoms with Crippen LogP contribution in [-0.2, 0) is 16.1 Å². The molecule has 7 nitrogen and oxygen atoms in total. The van der Waals surface area contributed by atoms with Gasteiger partial charge in [0.2, 0.25) is 0 Å². The molecule has 0 aliphatic carbocycles. The summed E-state index contributed by atoms with van der Waals surface area (Å²) in [7, 11) is 3.17. The lowest BCUT2D eigenvalue weighted by Crippen LogP contribution is -2.29. The fraction of sp³-hybridized carbons (Fsp3) is 0.250. The lowest BCUT2D eigenvalue weighted by molar-refractivity contribution is -0.140. The monoisotopic (exact) mass is 472 g/mol. The van der Waals surface area contributed by atoms with Gasteiger partial charge in [0, 0.05) is 18.3 Å². The molecule has 2 heterocycles. The number of aliphatic hydroxyl groups excluding tert-OH is 1. The van der Waals surface area contributed by atoms with E-state index in [1.165, 1.54) is 4.90 Å². The number of ketones is 1. The molecule has 4 rings (SSSR count). The molecule has 1 fully saturated rings. The van der Waals surface area contributed by atoms with Crippen LogP contribution in [0.3, 0.4) is 0 Å². The number of amides is 1. The highest BCUT2D eigenvalue weighted by atomic mass is 16.5. The number of rotatable bonds is 7. The molecule has 1 N–H and O–H groups in total. The van der Waals surface area contributed by atoms with E-state index in [1.807, 2.05) is 26.0 Å². The molecule has 35 heavy (non-hydrogen) atoms. The van der Waals surface area contributed by atoms with Gasteiger partial charge in [0.1, 0.15) is 23.3 Å². The van der Waals surface area contributed by atoms with Crippen molar-refractivity contribution in [2.75, 3.05) is 14.2 Å². The molecule has 1 aliphatic rings. The van der Waals surface area contributed by atoms with Gasteiger partial charge in [-0.2, -0.15) is 0 Å². The van der Waals surface area contributed by atoms with Crippen molar-refractivity contribution < 1.29 is 24.2 Å². The summed E-state index contributed by atoms with van der Waals surface area (Å²) in [5.41, 5.74) is 2.66.